The van der Waals surface area contributed by atoms with Gasteiger partial charge in [0.05, 0.1) is 10.6 Å². The van der Waals surface area contributed by atoms with Gasteiger partial charge in [0.15, 0.2) is 10.2 Å². The smallest absolute Gasteiger partial charge is 0.270 e. The summed E-state index contributed by atoms with van der Waals surface area (Å²) in [7, 11) is 0. The van der Waals surface area contributed by atoms with Crippen LogP contribution in [0.4, 0.5) is 10.8 Å². The number of benzene rings is 2. The van der Waals surface area contributed by atoms with Crippen LogP contribution in [0.2, 0.25) is 5.02 Å². The molecule has 0 bridgehead atoms. The van der Waals surface area contributed by atoms with Gasteiger partial charge in [-0.05, 0) is 36.0 Å². The maximum absolute atomic E-state index is 12.0. The van der Waals surface area contributed by atoms with Crippen molar-refractivity contribution in [1.29, 1.82) is 0 Å². The quantitative estimate of drug-likeness (QED) is 0.251. The van der Waals surface area contributed by atoms with Crippen LogP contribution < -0.4 is 10.6 Å². The molecule has 10 heteroatoms. The summed E-state index contributed by atoms with van der Waals surface area (Å²) in [5.41, 5.74) is 1.99. The number of carbonyl (C=O) groups is 1. The molecule has 0 aliphatic heterocycles. The molecule has 1 amide bonds. The molecule has 2 aromatic carbocycles. The van der Waals surface area contributed by atoms with Crippen LogP contribution in [0.3, 0.4) is 0 Å². The third-order valence-corrected chi connectivity index (χ3v) is 4.83. The number of non-ortho nitro benzene ring substituents is 1. The molecular weight excluding hydrogens is 432 g/mol. The van der Waals surface area contributed by atoms with Gasteiger partial charge in [-0.1, -0.05) is 35.9 Å². The van der Waals surface area contributed by atoms with Crippen molar-refractivity contribution in [2.24, 2.45) is 0 Å². The van der Waals surface area contributed by atoms with E-state index in [9.17, 15) is 14.9 Å². The third-order valence-electron chi connectivity index (χ3n) is 3.61. The molecule has 0 aliphatic carbocycles. The summed E-state index contributed by atoms with van der Waals surface area (Å²) < 4.78 is 0. The number of hydrogen-bond acceptors (Lipinski definition) is 6. The van der Waals surface area contributed by atoms with Crippen LogP contribution >= 0.6 is 35.2 Å². The van der Waals surface area contributed by atoms with Crippen LogP contribution in [-0.2, 0) is 4.79 Å². The number of hydrogen-bond donors (Lipinski definition) is 2. The standard InChI is InChI=1S/C19H13ClN4O3S2/c20-14-7-4-12(5-8-14)6-9-17(25)22-18(28)23-19-21-16(11-29-19)13-2-1-3-15(10-13)24(26)27/h1-11H,(H2,21,22,23,25,28). The Balaban J connectivity index is 1.58. The molecule has 3 rings (SSSR count). The van der Waals surface area contributed by atoms with Gasteiger partial charge in [-0.2, -0.15) is 0 Å². The van der Waals surface area contributed by atoms with E-state index in [1.807, 2.05) is 0 Å². The maximum atomic E-state index is 12.0. The Morgan fingerprint density at radius 2 is 2.00 bits per heavy atom. The van der Waals surface area contributed by atoms with Crippen molar-refractivity contribution in [3.8, 4) is 11.3 Å². The lowest BCUT2D eigenvalue weighted by atomic mass is 10.1. The molecule has 0 spiro atoms. The number of nitro benzene ring substituents is 1. The molecule has 0 radical (unpaired) electrons. The topological polar surface area (TPSA) is 97.2 Å². The van der Waals surface area contributed by atoms with Gasteiger partial charge in [-0.3, -0.25) is 20.2 Å². The minimum absolute atomic E-state index is 0.0136. The molecular formula is C19H13ClN4O3S2. The van der Waals surface area contributed by atoms with Crippen LogP contribution in [-0.4, -0.2) is 20.9 Å². The Labute approximate surface area is 180 Å². The molecule has 0 saturated heterocycles. The summed E-state index contributed by atoms with van der Waals surface area (Å²) in [6.45, 7) is 0. The van der Waals surface area contributed by atoms with Crippen molar-refractivity contribution in [2.75, 3.05) is 5.32 Å². The van der Waals surface area contributed by atoms with E-state index in [4.69, 9.17) is 23.8 Å². The minimum Gasteiger partial charge on any atom is -0.308 e. The average Bonchev–Trinajstić information content (AvgIpc) is 3.16. The monoisotopic (exact) mass is 444 g/mol. The highest BCUT2D eigenvalue weighted by Crippen LogP contribution is 2.27. The molecule has 0 atom stereocenters. The fourth-order valence-electron chi connectivity index (χ4n) is 2.27. The zero-order valence-electron chi connectivity index (χ0n) is 14.7. The Kier molecular flexibility index (Phi) is 6.65. The van der Waals surface area contributed by atoms with Gasteiger partial charge in [0.1, 0.15) is 0 Å². The fourth-order valence-corrected chi connectivity index (χ4v) is 3.38. The normalized spacial score (nSPS) is 10.7. The fraction of sp³-hybridized carbons (Fsp3) is 0. The summed E-state index contributed by atoms with van der Waals surface area (Å²) in [4.78, 5) is 26.8. The zero-order valence-corrected chi connectivity index (χ0v) is 17.1. The van der Waals surface area contributed by atoms with E-state index in [1.54, 1.807) is 47.9 Å². The molecule has 0 unspecified atom stereocenters. The number of nitro groups is 1. The number of rotatable bonds is 5. The Hall–Kier alpha value is -3.14. The molecule has 146 valence electrons. The van der Waals surface area contributed by atoms with Gasteiger partial charge in [0, 0.05) is 34.2 Å². The highest BCUT2D eigenvalue weighted by atomic mass is 35.5. The largest absolute Gasteiger partial charge is 0.308 e. The first-order valence-electron chi connectivity index (χ1n) is 8.17. The van der Waals surface area contributed by atoms with Crippen LogP contribution in [0.15, 0.2) is 60.0 Å². The zero-order chi connectivity index (χ0) is 20.8. The number of nitrogens with one attached hydrogen (secondary N) is 2. The number of carbonyl (C=O) groups excluding carboxylic acids is 1. The lowest BCUT2D eigenvalue weighted by Gasteiger charge is -2.04. The molecule has 0 aliphatic rings. The molecule has 3 aromatic rings. The second kappa shape index (κ2) is 9.37. The number of nitrogens with zero attached hydrogens (tertiary/aromatic N) is 2. The van der Waals surface area contributed by atoms with Crippen LogP contribution in [0.5, 0.6) is 0 Å². The van der Waals surface area contributed by atoms with E-state index in [0.29, 0.717) is 21.4 Å². The molecule has 29 heavy (non-hydrogen) atoms. The first-order chi connectivity index (χ1) is 13.9. The van der Waals surface area contributed by atoms with E-state index in [1.165, 1.54) is 29.5 Å². The van der Waals surface area contributed by atoms with E-state index in [-0.39, 0.29) is 10.8 Å². The van der Waals surface area contributed by atoms with E-state index in [0.717, 1.165) is 5.56 Å². The average molecular weight is 445 g/mol. The predicted molar refractivity (Wildman–Crippen MR) is 119 cm³/mol. The van der Waals surface area contributed by atoms with E-state index in [2.05, 4.69) is 15.6 Å². The number of thiocarbonyl (C=S) groups is 1. The minimum atomic E-state index is -0.461. The Morgan fingerprint density at radius 1 is 1.24 bits per heavy atom. The van der Waals surface area contributed by atoms with Crippen LogP contribution in [0, 0.1) is 10.1 Å². The number of aromatic nitrogens is 1. The summed E-state index contributed by atoms with van der Waals surface area (Å²) in [6.07, 6.45) is 2.99. The molecule has 2 N–H and O–H groups in total. The van der Waals surface area contributed by atoms with Gasteiger partial charge in [0.2, 0.25) is 5.91 Å². The van der Waals surface area contributed by atoms with Crippen LogP contribution in [0.25, 0.3) is 17.3 Å². The highest BCUT2D eigenvalue weighted by molar-refractivity contribution is 7.80. The summed E-state index contributed by atoms with van der Waals surface area (Å²) >= 11 is 12.2. The number of halogens is 1. The number of amides is 1. The molecule has 7 nitrogen and oxygen atoms in total. The molecule has 0 fully saturated rings. The van der Waals surface area contributed by atoms with Crippen molar-refractivity contribution in [1.82, 2.24) is 10.3 Å². The van der Waals surface area contributed by atoms with Crippen molar-refractivity contribution in [3.05, 3.63) is 80.7 Å². The SMILES string of the molecule is O=C(C=Cc1ccc(Cl)cc1)NC(=S)Nc1nc(-c2cccc([N+](=O)[O-])c2)cs1. The first kappa shape index (κ1) is 20.6. The van der Waals surface area contributed by atoms with Crippen molar-refractivity contribution >= 4 is 63.1 Å². The first-order valence-corrected chi connectivity index (χ1v) is 9.83. The van der Waals surface area contributed by atoms with Gasteiger partial charge >= 0.3 is 0 Å². The van der Waals surface area contributed by atoms with E-state index < -0.39 is 10.8 Å². The van der Waals surface area contributed by atoms with Crippen molar-refractivity contribution < 1.29 is 9.72 Å². The van der Waals surface area contributed by atoms with Gasteiger partial charge in [-0.25, -0.2) is 4.98 Å². The van der Waals surface area contributed by atoms with Crippen LogP contribution in [0.1, 0.15) is 5.56 Å². The second-order valence-corrected chi connectivity index (χ2v) is 7.38. The van der Waals surface area contributed by atoms with Crippen molar-refractivity contribution in [3.63, 3.8) is 0 Å². The number of thiazole rings is 1. The highest BCUT2D eigenvalue weighted by Gasteiger charge is 2.11. The maximum Gasteiger partial charge on any atom is 0.270 e. The molecule has 0 saturated carbocycles. The summed E-state index contributed by atoms with van der Waals surface area (Å²) in [5, 5.41) is 19.2. The van der Waals surface area contributed by atoms with Gasteiger partial charge in [0.25, 0.3) is 5.69 Å². The van der Waals surface area contributed by atoms with Crippen molar-refractivity contribution in [2.45, 2.75) is 0 Å². The van der Waals surface area contributed by atoms with E-state index >= 15 is 0 Å². The third kappa shape index (κ3) is 5.92. The summed E-state index contributed by atoms with van der Waals surface area (Å²) in [5.74, 6) is -0.395. The lowest BCUT2D eigenvalue weighted by Crippen LogP contribution is -2.32. The summed E-state index contributed by atoms with van der Waals surface area (Å²) in [6, 6.07) is 13.2. The predicted octanol–water partition coefficient (Wildman–Crippen LogP) is 4.90. The Bertz CT molecular complexity index is 1100. The van der Waals surface area contributed by atoms with Gasteiger partial charge in [-0.15, -0.1) is 11.3 Å². The second-order valence-electron chi connectivity index (χ2n) is 5.67. The van der Waals surface area contributed by atoms with Gasteiger partial charge < -0.3 is 5.32 Å². The Morgan fingerprint density at radius 3 is 2.72 bits per heavy atom. The lowest BCUT2D eigenvalue weighted by molar-refractivity contribution is -0.384. The molecule has 1 heterocycles. The number of anilines is 1. The molecule has 1 aromatic heterocycles.